The number of hydrogen-bond donors (Lipinski definition) is 0. The number of Topliss-reactive ketones (excluding diaryl/α,β-unsaturated/α-hetero) is 4. The minimum absolute atomic E-state index is 0. The van der Waals surface area contributed by atoms with Gasteiger partial charge in [0, 0.05) is 21.7 Å². The SMILES string of the molecule is CC(C(=O)[O-])C(=O)C(C)(C)C.CC(C(=O)[O-])C(=O)C(C)(C)C.CC(C(=O)[O-])C(=O)C(C)(C)C.CC(C(=O)[O-])C(=O)C(C)(C)C.[Pt+4]. The minimum Gasteiger partial charge on any atom is -0.549 e. The molecule has 13 heteroatoms. The number of ketones is 4. The van der Waals surface area contributed by atoms with E-state index in [1.807, 2.05) is 0 Å². The van der Waals surface area contributed by atoms with Crippen molar-refractivity contribution in [3.05, 3.63) is 0 Å². The summed E-state index contributed by atoms with van der Waals surface area (Å²) in [5.41, 5.74) is -2.39. The van der Waals surface area contributed by atoms with Crippen molar-refractivity contribution >= 4 is 47.0 Å². The zero-order valence-electron chi connectivity index (χ0n) is 29.5. The molecule has 0 radical (unpaired) electrons. The Morgan fingerprint density at radius 3 is 0.444 bits per heavy atom. The van der Waals surface area contributed by atoms with Crippen molar-refractivity contribution in [3.8, 4) is 0 Å². The zero-order chi connectivity index (χ0) is 36.9. The summed E-state index contributed by atoms with van der Waals surface area (Å²) in [4.78, 5) is 85.8. The van der Waals surface area contributed by atoms with E-state index >= 15 is 0 Å². The number of hydrogen-bond acceptors (Lipinski definition) is 12. The fourth-order valence-corrected chi connectivity index (χ4v) is 3.03. The molecule has 4 unspecified atom stereocenters. The topological polar surface area (TPSA) is 229 Å². The van der Waals surface area contributed by atoms with Gasteiger partial charge in [-0.1, -0.05) is 111 Å². The third kappa shape index (κ3) is 22.4. The van der Waals surface area contributed by atoms with Crippen molar-refractivity contribution in [2.75, 3.05) is 0 Å². The molecule has 0 saturated heterocycles. The Balaban J connectivity index is -0.000000157. The summed E-state index contributed by atoms with van der Waals surface area (Å²) in [5, 5.41) is 41.0. The van der Waals surface area contributed by atoms with E-state index < -0.39 is 69.2 Å². The molecular formula is C32H52O12Pt. The first-order valence-corrected chi connectivity index (χ1v) is 14.1. The molecule has 0 spiro atoms. The largest absolute Gasteiger partial charge is 4.00 e. The molecule has 0 rings (SSSR count). The number of carbonyl (C=O) groups excluding carboxylic acids is 8. The maximum absolute atomic E-state index is 11.2. The predicted molar refractivity (Wildman–Crippen MR) is 155 cm³/mol. The summed E-state index contributed by atoms with van der Waals surface area (Å²) in [6.07, 6.45) is 0. The van der Waals surface area contributed by atoms with Gasteiger partial charge in [0.2, 0.25) is 0 Å². The summed E-state index contributed by atoms with van der Waals surface area (Å²) in [6, 6.07) is 0. The third-order valence-electron chi connectivity index (χ3n) is 5.94. The second-order valence-corrected chi connectivity index (χ2v) is 14.6. The number of aliphatic carboxylic acids is 4. The molecule has 0 aromatic carbocycles. The van der Waals surface area contributed by atoms with Gasteiger partial charge in [-0.2, -0.15) is 0 Å². The van der Waals surface area contributed by atoms with Gasteiger partial charge in [-0.3, -0.25) is 19.2 Å². The summed E-state index contributed by atoms with van der Waals surface area (Å²) < 4.78 is 0. The number of carbonyl (C=O) groups is 8. The Kier molecular flexibility index (Phi) is 23.5. The Morgan fingerprint density at radius 2 is 0.422 bits per heavy atom. The van der Waals surface area contributed by atoms with E-state index in [1.165, 1.54) is 27.7 Å². The van der Waals surface area contributed by atoms with E-state index in [0.29, 0.717) is 0 Å². The third-order valence-corrected chi connectivity index (χ3v) is 5.94. The molecule has 0 aliphatic heterocycles. The molecule has 45 heavy (non-hydrogen) atoms. The van der Waals surface area contributed by atoms with Crippen LogP contribution in [-0.2, 0) is 59.4 Å². The first-order valence-electron chi connectivity index (χ1n) is 14.1. The molecular weight excluding hydrogens is 771 g/mol. The van der Waals surface area contributed by atoms with Crippen LogP contribution in [0.1, 0.15) is 111 Å². The van der Waals surface area contributed by atoms with Crippen LogP contribution in [0, 0.1) is 45.3 Å². The van der Waals surface area contributed by atoms with Gasteiger partial charge in [0.1, 0.15) is 23.1 Å². The Bertz CT molecular complexity index is 880. The predicted octanol–water partition coefficient (Wildman–Crippen LogP) is -0.0521. The second kappa shape index (κ2) is 20.4. The molecule has 0 aromatic heterocycles. The molecule has 0 aromatic rings. The maximum Gasteiger partial charge on any atom is 4.00 e. The Hall–Kier alpha value is -2.75. The summed E-state index contributed by atoms with van der Waals surface area (Å²) in [6.45, 7) is 25.7. The second-order valence-electron chi connectivity index (χ2n) is 14.6. The van der Waals surface area contributed by atoms with Gasteiger partial charge < -0.3 is 39.6 Å². The van der Waals surface area contributed by atoms with E-state index in [2.05, 4.69) is 0 Å². The molecule has 0 N–H and O–H groups in total. The molecule has 0 bridgehead atoms. The van der Waals surface area contributed by atoms with Crippen molar-refractivity contribution in [1.82, 2.24) is 0 Å². The summed E-state index contributed by atoms with van der Waals surface area (Å²) in [7, 11) is 0. The van der Waals surface area contributed by atoms with Crippen LogP contribution in [0.3, 0.4) is 0 Å². The smallest absolute Gasteiger partial charge is 0.549 e. The summed E-state index contributed by atoms with van der Waals surface area (Å²) >= 11 is 0. The molecule has 12 nitrogen and oxygen atoms in total. The molecule has 262 valence electrons. The molecule has 0 amide bonds. The number of rotatable bonds is 8. The van der Waals surface area contributed by atoms with E-state index in [9.17, 15) is 58.8 Å². The monoisotopic (exact) mass is 823 g/mol. The molecule has 0 fully saturated rings. The van der Waals surface area contributed by atoms with Crippen molar-refractivity contribution in [3.63, 3.8) is 0 Å². The van der Waals surface area contributed by atoms with Crippen molar-refractivity contribution in [1.29, 1.82) is 0 Å². The first-order chi connectivity index (χ1) is 19.1. The molecule has 0 aliphatic rings. The first kappa shape index (κ1) is 51.8. The fourth-order valence-electron chi connectivity index (χ4n) is 3.03. The van der Waals surface area contributed by atoms with Crippen LogP contribution in [-0.4, -0.2) is 47.0 Å². The Morgan fingerprint density at radius 1 is 0.333 bits per heavy atom. The van der Waals surface area contributed by atoms with Crippen LogP contribution in [0.2, 0.25) is 0 Å². The van der Waals surface area contributed by atoms with Crippen LogP contribution in [0.5, 0.6) is 0 Å². The van der Waals surface area contributed by atoms with Crippen molar-refractivity contribution in [2.45, 2.75) is 111 Å². The Labute approximate surface area is 282 Å². The minimum atomic E-state index is -1.30. The van der Waals surface area contributed by atoms with Crippen LogP contribution in [0.4, 0.5) is 0 Å². The normalized spacial score (nSPS) is 13.9. The number of carboxylic acids is 4. The van der Waals surface area contributed by atoms with E-state index in [0.717, 1.165) is 0 Å². The van der Waals surface area contributed by atoms with Crippen molar-refractivity contribution in [2.24, 2.45) is 45.3 Å². The molecule has 4 atom stereocenters. The van der Waals surface area contributed by atoms with E-state index in [1.54, 1.807) is 83.1 Å². The van der Waals surface area contributed by atoms with Crippen LogP contribution >= 0.6 is 0 Å². The van der Waals surface area contributed by atoms with Crippen molar-refractivity contribution < 1.29 is 79.8 Å². The van der Waals surface area contributed by atoms with Gasteiger partial charge in [0.15, 0.2) is 0 Å². The summed E-state index contributed by atoms with van der Waals surface area (Å²) in [5.74, 6) is -10.4. The van der Waals surface area contributed by atoms with Gasteiger partial charge in [-0.05, 0) is 0 Å². The average Bonchev–Trinajstić information content (AvgIpc) is 2.83. The standard InChI is InChI=1S/4C8H14O3.Pt/c4*1-5(7(10)11)6(9)8(2,3)4;/h4*5H,1-4H3,(H,10,11);/q;;;;+4/p-4. The van der Waals surface area contributed by atoms with Gasteiger partial charge in [-0.15, -0.1) is 0 Å². The van der Waals surface area contributed by atoms with E-state index in [-0.39, 0.29) is 44.2 Å². The molecule has 0 heterocycles. The molecule has 0 aliphatic carbocycles. The van der Waals surface area contributed by atoms with Crippen LogP contribution in [0.15, 0.2) is 0 Å². The van der Waals surface area contributed by atoms with Gasteiger partial charge in [0.25, 0.3) is 0 Å². The van der Waals surface area contributed by atoms with Crippen LogP contribution in [0.25, 0.3) is 0 Å². The van der Waals surface area contributed by atoms with Gasteiger partial charge in [-0.25, -0.2) is 0 Å². The van der Waals surface area contributed by atoms with Gasteiger partial charge >= 0.3 is 21.1 Å². The zero-order valence-corrected chi connectivity index (χ0v) is 31.8. The number of carboxylic acid groups (broad SMARTS) is 4. The molecule has 0 saturated carbocycles. The maximum atomic E-state index is 11.2. The quantitative estimate of drug-likeness (QED) is 0.294. The van der Waals surface area contributed by atoms with Gasteiger partial charge in [0.05, 0.1) is 47.5 Å². The average molecular weight is 824 g/mol. The van der Waals surface area contributed by atoms with Crippen LogP contribution < -0.4 is 20.4 Å². The van der Waals surface area contributed by atoms with E-state index in [4.69, 9.17) is 0 Å². The fraction of sp³-hybridized carbons (Fsp3) is 0.750.